The van der Waals surface area contributed by atoms with Crippen LogP contribution in [0, 0.1) is 5.92 Å². The third-order valence-corrected chi connectivity index (χ3v) is 7.57. The number of rotatable bonds is 7. The Labute approximate surface area is 196 Å². The molecule has 1 atom stereocenters. The first-order valence-corrected chi connectivity index (χ1v) is 12.2. The van der Waals surface area contributed by atoms with Gasteiger partial charge < -0.3 is 14.6 Å². The topological polar surface area (TPSA) is 115 Å². The van der Waals surface area contributed by atoms with Gasteiger partial charge in [0, 0.05) is 23.7 Å². The third-order valence-electron chi connectivity index (χ3n) is 5.44. The van der Waals surface area contributed by atoms with E-state index in [1.54, 1.807) is 19.2 Å². The fourth-order valence-electron chi connectivity index (χ4n) is 3.62. The van der Waals surface area contributed by atoms with Crippen LogP contribution in [-0.4, -0.2) is 49.0 Å². The Hall–Kier alpha value is -2.95. The minimum Gasteiger partial charge on any atom is -0.497 e. The van der Waals surface area contributed by atoms with Crippen LogP contribution in [0.15, 0.2) is 57.9 Å². The lowest BCUT2D eigenvalue weighted by Crippen LogP contribution is -2.45. The SMILES string of the molecule is COc1ccc(-c2noc(CNC(=O)[C@@H]3CCCN(S(=O)(=O)c4ccc(Cl)cc4)C3)n2)cc1. The van der Waals surface area contributed by atoms with Gasteiger partial charge >= 0.3 is 0 Å². The van der Waals surface area contributed by atoms with E-state index in [-0.39, 0.29) is 29.8 Å². The first kappa shape index (κ1) is 23.2. The lowest BCUT2D eigenvalue weighted by atomic mass is 9.99. The lowest BCUT2D eigenvalue weighted by molar-refractivity contribution is -0.126. The molecular formula is C22H23ClN4O5S. The smallest absolute Gasteiger partial charge is 0.246 e. The fraction of sp³-hybridized carbons (Fsp3) is 0.318. The van der Waals surface area contributed by atoms with Crippen molar-refractivity contribution in [2.24, 2.45) is 5.92 Å². The molecule has 9 nitrogen and oxygen atoms in total. The van der Waals surface area contributed by atoms with E-state index in [0.29, 0.717) is 36.0 Å². The predicted molar refractivity (Wildman–Crippen MR) is 121 cm³/mol. The molecular weight excluding hydrogens is 468 g/mol. The molecule has 0 saturated carbocycles. The van der Waals surface area contributed by atoms with Crippen LogP contribution in [0.1, 0.15) is 18.7 Å². The van der Waals surface area contributed by atoms with Crippen molar-refractivity contribution in [1.29, 1.82) is 0 Å². The molecule has 0 aliphatic carbocycles. The number of halogens is 1. The van der Waals surface area contributed by atoms with E-state index in [0.717, 1.165) is 5.56 Å². The Balaban J connectivity index is 1.36. The van der Waals surface area contributed by atoms with Crippen LogP contribution in [0.25, 0.3) is 11.4 Å². The van der Waals surface area contributed by atoms with Crippen molar-refractivity contribution >= 4 is 27.5 Å². The number of hydrogen-bond donors (Lipinski definition) is 1. The zero-order valence-electron chi connectivity index (χ0n) is 17.9. The molecule has 33 heavy (non-hydrogen) atoms. The Morgan fingerprint density at radius 2 is 1.94 bits per heavy atom. The van der Waals surface area contributed by atoms with Gasteiger partial charge in [0.2, 0.25) is 27.6 Å². The highest BCUT2D eigenvalue weighted by Gasteiger charge is 2.33. The zero-order chi connectivity index (χ0) is 23.4. The Morgan fingerprint density at radius 3 is 2.64 bits per heavy atom. The standard InChI is InChI=1S/C22H23ClN4O5S/c1-31-18-8-4-15(5-9-18)21-25-20(32-26-21)13-24-22(28)16-3-2-12-27(14-16)33(29,30)19-10-6-17(23)7-11-19/h4-11,16H,2-3,12-14H2,1H3,(H,24,28)/t16-/m1/s1. The van der Waals surface area contributed by atoms with Crippen LogP contribution in [0.4, 0.5) is 0 Å². The van der Waals surface area contributed by atoms with Crippen LogP contribution < -0.4 is 10.1 Å². The van der Waals surface area contributed by atoms with Gasteiger partial charge in [-0.2, -0.15) is 9.29 Å². The largest absolute Gasteiger partial charge is 0.497 e. The number of methoxy groups -OCH3 is 1. The first-order chi connectivity index (χ1) is 15.9. The van der Waals surface area contributed by atoms with Crippen LogP contribution in [0.2, 0.25) is 5.02 Å². The number of piperidine rings is 1. The average molecular weight is 491 g/mol. The van der Waals surface area contributed by atoms with E-state index in [1.165, 1.54) is 28.6 Å². The van der Waals surface area contributed by atoms with Gasteiger partial charge in [-0.05, 0) is 61.4 Å². The van der Waals surface area contributed by atoms with Gasteiger partial charge in [-0.1, -0.05) is 16.8 Å². The predicted octanol–water partition coefficient (Wildman–Crippen LogP) is 3.12. The molecule has 0 spiro atoms. The van der Waals surface area contributed by atoms with E-state index in [9.17, 15) is 13.2 Å². The second-order valence-electron chi connectivity index (χ2n) is 7.61. The third kappa shape index (κ3) is 5.35. The van der Waals surface area contributed by atoms with Gasteiger partial charge in [-0.3, -0.25) is 4.79 Å². The van der Waals surface area contributed by atoms with Crippen molar-refractivity contribution in [3.05, 3.63) is 59.4 Å². The maximum Gasteiger partial charge on any atom is 0.246 e. The number of sulfonamides is 1. The van der Waals surface area contributed by atoms with Gasteiger partial charge in [-0.25, -0.2) is 8.42 Å². The van der Waals surface area contributed by atoms with Crippen molar-refractivity contribution in [2.45, 2.75) is 24.3 Å². The maximum absolute atomic E-state index is 12.9. The normalized spacial score (nSPS) is 17.0. The molecule has 3 aromatic rings. The molecule has 1 amide bonds. The summed E-state index contributed by atoms with van der Waals surface area (Å²) in [5.41, 5.74) is 0.757. The molecule has 0 unspecified atom stereocenters. The molecule has 1 fully saturated rings. The summed E-state index contributed by atoms with van der Waals surface area (Å²) in [6.07, 6.45) is 1.19. The molecule has 4 rings (SSSR count). The number of hydrogen-bond acceptors (Lipinski definition) is 7. The van der Waals surface area contributed by atoms with Crippen LogP contribution >= 0.6 is 11.6 Å². The average Bonchev–Trinajstić information content (AvgIpc) is 3.32. The summed E-state index contributed by atoms with van der Waals surface area (Å²) in [5, 5.41) is 7.18. The van der Waals surface area contributed by atoms with Crippen molar-refractivity contribution in [3.8, 4) is 17.1 Å². The number of ether oxygens (including phenoxy) is 1. The minimum atomic E-state index is -3.70. The molecule has 1 aliphatic rings. The molecule has 1 aromatic heterocycles. The molecule has 1 aliphatic heterocycles. The maximum atomic E-state index is 12.9. The molecule has 0 radical (unpaired) electrons. The number of nitrogens with zero attached hydrogens (tertiary/aromatic N) is 3. The highest BCUT2D eigenvalue weighted by molar-refractivity contribution is 7.89. The quantitative estimate of drug-likeness (QED) is 0.541. The van der Waals surface area contributed by atoms with E-state index in [4.69, 9.17) is 20.9 Å². The minimum absolute atomic E-state index is 0.0580. The monoisotopic (exact) mass is 490 g/mol. The van der Waals surface area contributed by atoms with E-state index in [1.807, 2.05) is 12.1 Å². The fourth-order valence-corrected chi connectivity index (χ4v) is 5.27. The molecule has 2 aromatic carbocycles. The summed E-state index contributed by atoms with van der Waals surface area (Å²) < 4.78 is 37.6. The zero-order valence-corrected chi connectivity index (χ0v) is 19.5. The molecule has 0 bridgehead atoms. The summed E-state index contributed by atoms with van der Waals surface area (Å²) in [6.45, 7) is 0.532. The molecule has 1 N–H and O–H groups in total. The van der Waals surface area contributed by atoms with Gasteiger partial charge in [0.15, 0.2) is 0 Å². The highest BCUT2D eigenvalue weighted by atomic mass is 35.5. The van der Waals surface area contributed by atoms with Gasteiger partial charge in [0.05, 0.1) is 24.5 Å². The Morgan fingerprint density at radius 1 is 1.21 bits per heavy atom. The summed E-state index contributed by atoms with van der Waals surface area (Å²) in [5.74, 6) is 0.657. The number of amides is 1. The Kier molecular flexibility index (Phi) is 6.96. The lowest BCUT2D eigenvalue weighted by Gasteiger charge is -2.31. The molecule has 11 heteroatoms. The number of benzene rings is 2. The van der Waals surface area contributed by atoms with Crippen molar-refractivity contribution in [3.63, 3.8) is 0 Å². The second-order valence-corrected chi connectivity index (χ2v) is 9.99. The number of nitrogens with one attached hydrogen (secondary N) is 1. The molecule has 1 saturated heterocycles. The second kappa shape index (κ2) is 9.90. The number of carbonyl (C=O) groups excluding carboxylic acids is 1. The van der Waals surface area contributed by atoms with Crippen LogP contribution in [0.3, 0.4) is 0 Å². The van der Waals surface area contributed by atoms with Gasteiger partial charge in [0.25, 0.3) is 0 Å². The van der Waals surface area contributed by atoms with Crippen LogP contribution in [-0.2, 0) is 21.4 Å². The number of carbonyl (C=O) groups is 1. The number of aromatic nitrogens is 2. The van der Waals surface area contributed by atoms with Crippen molar-refractivity contribution < 1.29 is 22.5 Å². The van der Waals surface area contributed by atoms with Gasteiger partial charge in [0.1, 0.15) is 5.75 Å². The summed E-state index contributed by atoms with van der Waals surface area (Å²) in [7, 11) is -2.11. The van der Waals surface area contributed by atoms with Crippen LogP contribution in [0.5, 0.6) is 5.75 Å². The highest BCUT2D eigenvalue weighted by Crippen LogP contribution is 2.25. The summed E-state index contributed by atoms with van der Waals surface area (Å²) >= 11 is 5.86. The van der Waals surface area contributed by atoms with Gasteiger partial charge in [-0.15, -0.1) is 0 Å². The van der Waals surface area contributed by atoms with E-state index < -0.39 is 15.9 Å². The van der Waals surface area contributed by atoms with Crippen molar-refractivity contribution in [1.82, 2.24) is 19.8 Å². The van der Waals surface area contributed by atoms with E-state index >= 15 is 0 Å². The summed E-state index contributed by atoms with van der Waals surface area (Å²) in [6, 6.07) is 13.2. The molecule has 174 valence electrons. The summed E-state index contributed by atoms with van der Waals surface area (Å²) in [4.78, 5) is 17.2. The Bertz CT molecular complexity index is 1210. The first-order valence-electron chi connectivity index (χ1n) is 10.4. The van der Waals surface area contributed by atoms with Crippen molar-refractivity contribution in [2.75, 3.05) is 20.2 Å². The molecule has 2 heterocycles. The van der Waals surface area contributed by atoms with E-state index in [2.05, 4.69) is 15.5 Å².